The molecule has 0 spiro atoms. The number of methoxy groups -OCH3 is 1. The molecule has 1 unspecified atom stereocenters. The summed E-state index contributed by atoms with van der Waals surface area (Å²) in [6, 6.07) is 4.86. The van der Waals surface area contributed by atoms with Crippen molar-refractivity contribution in [3.8, 4) is 0 Å². The second-order valence-corrected chi connectivity index (χ2v) is 8.16. The van der Waals surface area contributed by atoms with Gasteiger partial charge in [-0.25, -0.2) is 0 Å². The molecule has 2 rings (SSSR count). The van der Waals surface area contributed by atoms with E-state index in [1.807, 2.05) is 18.4 Å². The van der Waals surface area contributed by atoms with E-state index in [0.29, 0.717) is 6.04 Å². The molecule has 156 valence electrons. The van der Waals surface area contributed by atoms with Gasteiger partial charge in [0.2, 0.25) is 0 Å². The SMILES string of the molecule is CN=C(NCCCCCOC)NCC(c1cccs1)N1CCC(C)CC1.I. The summed E-state index contributed by atoms with van der Waals surface area (Å²) in [5.74, 6) is 1.76. The number of halogens is 1. The Morgan fingerprint density at radius 2 is 2.07 bits per heavy atom. The number of nitrogens with zero attached hydrogens (tertiary/aromatic N) is 2. The van der Waals surface area contributed by atoms with Crippen LogP contribution in [0.4, 0.5) is 0 Å². The maximum atomic E-state index is 5.10. The third-order valence-electron chi connectivity index (χ3n) is 5.13. The third-order valence-corrected chi connectivity index (χ3v) is 6.11. The van der Waals surface area contributed by atoms with Crippen molar-refractivity contribution in [2.45, 2.75) is 45.1 Å². The Morgan fingerprint density at radius 1 is 1.30 bits per heavy atom. The Morgan fingerprint density at radius 3 is 2.70 bits per heavy atom. The number of unbranched alkanes of at least 4 members (excludes halogenated alkanes) is 2. The molecular formula is C20H37IN4OS. The Balaban J connectivity index is 0.00000364. The van der Waals surface area contributed by atoms with Gasteiger partial charge in [0.25, 0.3) is 0 Å². The van der Waals surface area contributed by atoms with Gasteiger partial charge in [-0.2, -0.15) is 0 Å². The third kappa shape index (κ3) is 9.11. The molecule has 2 heterocycles. The summed E-state index contributed by atoms with van der Waals surface area (Å²) < 4.78 is 5.10. The zero-order valence-corrected chi connectivity index (χ0v) is 20.2. The van der Waals surface area contributed by atoms with E-state index in [1.165, 1.54) is 37.2 Å². The van der Waals surface area contributed by atoms with Crippen LogP contribution in [0.15, 0.2) is 22.5 Å². The zero-order valence-electron chi connectivity index (χ0n) is 17.1. The second kappa shape index (κ2) is 14.6. The van der Waals surface area contributed by atoms with Crippen LogP contribution in [0.3, 0.4) is 0 Å². The first-order valence-electron chi connectivity index (χ1n) is 9.95. The van der Waals surface area contributed by atoms with Gasteiger partial charge in [0.15, 0.2) is 5.96 Å². The van der Waals surface area contributed by atoms with E-state index >= 15 is 0 Å². The number of thiophene rings is 1. The smallest absolute Gasteiger partial charge is 0.191 e. The molecule has 0 amide bonds. The highest BCUT2D eigenvalue weighted by Gasteiger charge is 2.25. The zero-order chi connectivity index (χ0) is 18.6. The first-order valence-corrected chi connectivity index (χ1v) is 10.8. The number of aliphatic imine (C=N–C) groups is 1. The highest BCUT2D eigenvalue weighted by atomic mass is 127. The average molecular weight is 509 g/mol. The van der Waals surface area contributed by atoms with Gasteiger partial charge in [0, 0.05) is 38.7 Å². The van der Waals surface area contributed by atoms with Crippen LogP contribution in [0.1, 0.15) is 49.9 Å². The first kappa shape index (κ1) is 24.7. The predicted molar refractivity (Wildman–Crippen MR) is 128 cm³/mol. The molecule has 27 heavy (non-hydrogen) atoms. The number of hydrogen-bond acceptors (Lipinski definition) is 4. The van der Waals surface area contributed by atoms with Crippen molar-refractivity contribution < 1.29 is 4.74 Å². The monoisotopic (exact) mass is 508 g/mol. The number of guanidine groups is 1. The van der Waals surface area contributed by atoms with Crippen molar-refractivity contribution >= 4 is 41.3 Å². The van der Waals surface area contributed by atoms with Crippen LogP contribution in [-0.2, 0) is 4.74 Å². The van der Waals surface area contributed by atoms with Gasteiger partial charge in [0.05, 0.1) is 6.04 Å². The molecule has 5 nitrogen and oxygen atoms in total. The van der Waals surface area contributed by atoms with Crippen molar-refractivity contribution in [2.24, 2.45) is 10.9 Å². The Kier molecular flexibility index (Phi) is 13.3. The van der Waals surface area contributed by atoms with Crippen molar-refractivity contribution in [1.29, 1.82) is 0 Å². The Bertz CT molecular complexity index is 504. The normalized spacial score (nSPS) is 17.4. The molecule has 1 saturated heterocycles. The van der Waals surface area contributed by atoms with Gasteiger partial charge < -0.3 is 15.4 Å². The van der Waals surface area contributed by atoms with Gasteiger partial charge in [0.1, 0.15) is 0 Å². The fraction of sp³-hybridized carbons (Fsp3) is 0.750. The predicted octanol–water partition coefficient (Wildman–Crippen LogP) is 4.12. The largest absolute Gasteiger partial charge is 0.385 e. The minimum Gasteiger partial charge on any atom is -0.385 e. The number of piperidine rings is 1. The maximum Gasteiger partial charge on any atom is 0.191 e. The number of rotatable bonds is 10. The number of nitrogens with one attached hydrogen (secondary N) is 2. The topological polar surface area (TPSA) is 48.9 Å². The number of likely N-dealkylation sites (tertiary alicyclic amines) is 1. The number of ether oxygens (including phenoxy) is 1. The summed E-state index contributed by atoms with van der Waals surface area (Å²) in [5.41, 5.74) is 0. The lowest BCUT2D eigenvalue weighted by Gasteiger charge is -2.36. The fourth-order valence-electron chi connectivity index (χ4n) is 3.40. The van der Waals surface area contributed by atoms with E-state index in [4.69, 9.17) is 4.74 Å². The van der Waals surface area contributed by atoms with Gasteiger partial charge in [-0.3, -0.25) is 9.89 Å². The molecule has 0 aromatic carbocycles. The first-order chi connectivity index (χ1) is 12.7. The van der Waals surface area contributed by atoms with Gasteiger partial charge in [-0.05, 0) is 62.6 Å². The summed E-state index contributed by atoms with van der Waals surface area (Å²) in [6.07, 6.45) is 6.05. The van der Waals surface area contributed by atoms with Crippen LogP contribution in [-0.4, -0.2) is 57.8 Å². The quantitative estimate of drug-likeness (QED) is 0.216. The Labute approximate surface area is 186 Å². The highest BCUT2D eigenvalue weighted by molar-refractivity contribution is 14.0. The van der Waals surface area contributed by atoms with Crippen LogP contribution < -0.4 is 10.6 Å². The average Bonchev–Trinajstić information content (AvgIpc) is 3.18. The van der Waals surface area contributed by atoms with Crippen molar-refractivity contribution in [2.75, 3.05) is 46.9 Å². The molecule has 2 N–H and O–H groups in total. The molecule has 0 saturated carbocycles. The molecule has 1 fully saturated rings. The maximum absolute atomic E-state index is 5.10. The van der Waals surface area contributed by atoms with Gasteiger partial charge >= 0.3 is 0 Å². The molecule has 0 radical (unpaired) electrons. The highest BCUT2D eigenvalue weighted by Crippen LogP contribution is 2.28. The molecule has 1 aliphatic rings. The van der Waals surface area contributed by atoms with Crippen LogP contribution in [0.5, 0.6) is 0 Å². The molecular weight excluding hydrogens is 471 g/mol. The van der Waals surface area contributed by atoms with E-state index in [1.54, 1.807) is 7.11 Å². The molecule has 1 aliphatic heterocycles. The molecule has 0 bridgehead atoms. The molecule has 7 heteroatoms. The van der Waals surface area contributed by atoms with Gasteiger partial charge in [-0.15, -0.1) is 35.3 Å². The minimum absolute atomic E-state index is 0. The summed E-state index contributed by atoms with van der Waals surface area (Å²) in [7, 11) is 3.61. The summed E-state index contributed by atoms with van der Waals surface area (Å²) in [4.78, 5) is 8.47. The van der Waals surface area contributed by atoms with Crippen LogP contribution >= 0.6 is 35.3 Å². The second-order valence-electron chi connectivity index (χ2n) is 7.18. The fourth-order valence-corrected chi connectivity index (χ4v) is 4.26. The standard InChI is InChI=1S/C20H36N4OS.HI/c1-17-9-12-24(13-10-17)18(19-8-7-15-26-19)16-23-20(21-2)22-11-5-4-6-14-25-3;/h7-8,15,17-18H,4-6,9-14,16H2,1-3H3,(H2,21,22,23);1H. The molecule has 1 aromatic heterocycles. The van der Waals surface area contributed by atoms with E-state index < -0.39 is 0 Å². The van der Waals surface area contributed by atoms with E-state index in [0.717, 1.165) is 44.4 Å². The molecule has 0 aliphatic carbocycles. The lowest BCUT2D eigenvalue weighted by atomic mass is 9.97. The van der Waals surface area contributed by atoms with Crippen molar-refractivity contribution in [3.63, 3.8) is 0 Å². The van der Waals surface area contributed by atoms with E-state index in [9.17, 15) is 0 Å². The van der Waals surface area contributed by atoms with Crippen LogP contribution in [0.2, 0.25) is 0 Å². The van der Waals surface area contributed by atoms with E-state index in [-0.39, 0.29) is 24.0 Å². The summed E-state index contributed by atoms with van der Waals surface area (Å²) in [6.45, 7) is 7.46. The van der Waals surface area contributed by atoms with Crippen LogP contribution in [0.25, 0.3) is 0 Å². The molecule has 1 atom stereocenters. The Hall–Kier alpha value is -0.380. The summed E-state index contributed by atoms with van der Waals surface area (Å²) >= 11 is 1.86. The minimum atomic E-state index is 0. The lowest BCUT2D eigenvalue weighted by Crippen LogP contribution is -2.45. The van der Waals surface area contributed by atoms with Crippen molar-refractivity contribution in [1.82, 2.24) is 15.5 Å². The number of hydrogen-bond donors (Lipinski definition) is 2. The van der Waals surface area contributed by atoms with Gasteiger partial charge in [-0.1, -0.05) is 13.0 Å². The molecule has 1 aromatic rings. The van der Waals surface area contributed by atoms with Crippen molar-refractivity contribution in [3.05, 3.63) is 22.4 Å². The lowest BCUT2D eigenvalue weighted by molar-refractivity contribution is 0.140. The van der Waals surface area contributed by atoms with E-state index in [2.05, 4.69) is 45.0 Å². The summed E-state index contributed by atoms with van der Waals surface area (Å²) in [5, 5.41) is 9.17. The van der Waals surface area contributed by atoms with Crippen LogP contribution in [0, 0.1) is 5.92 Å².